The van der Waals surface area contributed by atoms with Gasteiger partial charge in [0.15, 0.2) is 0 Å². The van der Waals surface area contributed by atoms with Crippen molar-refractivity contribution in [2.75, 3.05) is 38.3 Å². The third-order valence-corrected chi connectivity index (χ3v) is 6.00. The van der Waals surface area contributed by atoms with Crippen molar-refractivity contribution in [3.63, 3.8) is 0 Å². The van der Waals surface area contributed by atoms with E-state index in [2.05, 4.69) is 57.2 Å². The van der Waals surface area contributed by atoms with Gasteiger partial charge in [0.1, 0.15) is 0 Å². The van der Waals surface area contributed by atoms with E-state index < -0.39 is 0 Å². The van der Waals surface area contributed by atoms with Gasteiger partial charge in [-0.05, 0) is 41.7 Å². The maximum atomic E-state index is 12.9. The molecule has 1 amide bonds. The SMILES string of the molecule is CN(Cc1ccccc1N1CCOCC1)C(=O)C1CC1c1cccc(Br)c1. The van der Waals surface area contributed by atoms with Crippen LogP contribution in [0.4, 0.5) is 5.69 Å². The summed E-state index contributed by atoms with van der Waals surface area (Å²) in [6.07, 6.45) is 0.949. The fourth-order valence-corrected chi connectivity index (χ4v) is 4.36. The average Bonchev–Trinajstić information content (AvgIpc) is 3.49. The number of benzene rings is 2. The summed E-state index contributed by atoms with van der Waals surface area (Å²) in [7, 11) is 1.93. The van der Waals surface area contributed by atoms with Gasteiger partial charge in [-0.3, -0.25) is 4.79 Å². The predicted molar refractivity (Wildman–Crippen MR) is 111 cm³/mol. The largest absolute Gasteiger partial charge is 0.378 e. The van der Waals surface area contributed by atoms with E-state index in [1.807, 2.05) is 24.1 Å². The number of ether oxygens (including phenoxy) is 1. The lowest BCUT2D eigenvalue weighted by atomic mass is 10.1. The summed E-state index contributed by atoms with van der Waals surface area (Å²) >= 11 is 3.53. The highest BCUT2D eigenvalue weighted by atomic mass is 79.9. The zero-order valence-electron chi connectivity index (χ0n) is 15.6. The number of para-hydroxylation sites is 1. The first-order valence-electron chi connectivity index (χ1n) is 9.54. The number of carbonyl (C=O) groups excluding carboxylic acids is 1. The van der Waals surface area contributed by atoms with Crippen LogP contribution in [0, 0.1) is 5.92 Å². The van der Waals surface area contributed by atoms with Crippen LogP contribution >= 0.6 is 15.9 Å². The van der Waals surface area contributed by atoms with Crippen LogP contribution in [-0.4, -0.2) is 44.2 Å². The van der Waals surface area contributed by atoms with E-state index in [9.17, 15) is 4.79 Å². The maximum Gasteiger partial charge on any atom is 0.226 e. The first kappa shape index (κ1) is 18.5. The van der Waals surface area contributed by atoms with E-state index in [4.69, 9.17) is 4.74 Å². The zero-order valence-corrected chi connectivity index (χ0v) is 17.2. The van der Waals surface area contributed by atoms with Gasteiger partial charge in [0, 0.05) is 42.8 Å². The van der Waals surface area contributed by atoms with E-state index in [0.717, 1.165) is 37.2 Å². The number of carbonyl (C=O) groups is 1. The van der Waals surface area contributed by atoms with Crippen molar-refractivity contribution in [3.8, 4) is 0 Å². The molecule has 1 heterocycles. The van der Waals surface area contributed by atoms with E-state index in [1.165, 1.54) is 16.8 Å². The molecule has 0 aromatic heterocycles. The lowest BCUT2D eigenvalue weighted by Gasteiger charge is -2.31. The lowest BCUT2D eigenvalue weighted by molar-refractivity contribution is -0.131. The lowest BCUT2D eigenvalue weighted by Crippen LogP contribution is -2.37. The second-order valence-corrected chi connectivity index (χ2v) is 8.34. The van der Waals surface area contributed by atoms with E-state index >= 15 is 0 Å². The number of hydrogen-bond donors (Lipinski definition) is 0. The van der Waals surface area contributed by atoms with Crippen molar-refractivity contribution in [2.24, 2.45) is 5.92 Å². The van der Waals surface area contributed by atoms with Crippen LogP contribution in [0.5, 0.6) is 0 Å². The van der Waals surface area contributed by atoms with Crippen LogP contribution in [0.2, 0.25) is 0 Å². The second-order valence-electron chi connectivity index (χ2n) is 7.43. The minimum atomic E-state index is 0.111. The molecule has 1 saturated heterocycles. The van der Waals surface area contributed by atoms with Crippen molar-refractivity contribution in [1.29, 1.82) is 0 Å². The van der Waals surface area contributed by atoms with Crippen molar-refractivity contribution in [1.82, 2.24) is 4.90 Å². The minimum absolute atomic E-state index is 0.111. The summed E-state index contributed by atoms with van der Waals surface area (Å²) in [5.74, 6) is 0.712. The average molecular weight is 429 g/mol. The summed E-state index contributed by atoms with van der Waals surface area (Å²) in [5.41, 5.74) is 3.68. The maximum absolute atomic E-state index is 12.9. The van der Waals surface area contributed by atoms with Crippen LogP contribution in [0.25, 0.3) is 0 Å². The molecule has 4 rings (SSSR count). The molecule has 1 saturated carbocycles. The van der Waals surface area contributed by atoms with Crippen molar-refractivity contribution < 1.29 is 9.53 Å². The van der Waals surface area contributed by atoms with E-state index in [-0.39, 0.29) is 11.8 Å². The molecule has 2 aliphatic rings. The number of hydrogen-bond acceptors (Lipinski definition) is 3. The first-order valence-corrected chi connectivity index (χ1v) is 10.3. The number of anilines is 1. The quantitative estimate of drug-likeness (QED) is 0.719. The van der Waals surface area contributed by atoms with Gasteiger partial charge < -0.3 is 14.5 Å². The fourth-order valence-electron chi connectivity index (χ4n) is 3.95. The molecule has 2 unspecified atom stereocenters. The van der Waals surface area contributed by atoms with Gasteiger partial charge >= 0.3 is 0 Å². The monoisotopic (exact) mass is 428 g/mol. The highest BCUT2D eigenvalue weighted by molar-refractivity contribution is 9.10. The molecule has 0 spiro atoms. The Morgan fingerprint density at radius 3 is 2.74 bits per heavy atom. The molecule has 1 aliphatic heterocycles. The van der Waals surface area contributed by atoms with Crippen LogP contribution in [0.1, 0.15) is 23.5 Å². The van der Waals surface area contributed by atoms with Gasteiger partial charge in [-0.15, -0.1) is 0 Å². The number of halogens is 1. The third-order valence-electron chi connectivity index (χ3n) is 5.51. The molecule has 4 nitrogen and oxygen atoms in total. The number of rotatable bonds is 5. The smallest absolute Gasteiger partial charge is 0.226 e. The van der Waals surface area contributed by atoms with Gasteiger partial charge in [0.05, 0.1) is 13.2 Å². The van der Waals surface area contributed by atoms with Crippen LogP contribution in [0.3, 0.4) is 0 Å². The summed E-state index contributed by atoms with van der Waals surface area (Å²) in [4.78, 5) is 17.2. The van der Waals surface area contributed by atoms with E-state index in [1.54, 1.807) is 0 Å². The molecule has 0 radical (unpaired) electrons. The molecular weight excluding hydrogens is 404 g/mol. The molecule has 2 fully saturated rings. The van der Waals surface area contributed by atoms with Gasteiger partial charge in [-0.1, -0.05) is 46.3 Å². The Morgan fingerprint density at radius 2 is 1.96 bits per heavy atom. The topological polar surface area (TPSA) is 32.8 Å². The van der Waals surface area contributed by atoms with Crippen LogP contribution in [0.15, 0.2) is 53.0 Å². The number of amides is 1. The Kier molecular flexibility index (Phi) is 5.50. The van der Waals surface area contributed by atoms with E-state index in [0.29, 0.717) is 12.5 Å². The molecular formula is C22H25BrN2O2. The summed E-state index contributed by atoms with van der Waals surface area (Å²) in [6.45, 7) is 3.98. The Hall–Kier alpha value is -1.85. The molecule has 2 aromatic rings. The van der Waals surface area contributed by atoms with Crippen molar-refractivity contribution in [2.45, 2.75) is 18.9 Å². The minimum Gasteiger partial charge on any atom is -0.378 e. The Balaban J connectivity index is 1.42. The highest BCUT2D eigenvalue weighted by Gasteiger charge is 2.45. The fraction of sp³-hybridized carbons (Fsp3) is 0.409. The normalized spacial score (nSPS) is 21.8. The van der Waals surface area contributed by atoms with Crippen molar-refractivity contribution in [3.05, 3.63) is 64.1 Å². The van der Waals surface area contributed by atoms with Crippen LogP contribution < -0.4 is 4.90 Å². The first-order chi connectivity index (χ1) is 13.1. The van der Waals surface area contributed by atoms with Gasteiger partial charge in [-0.2, -0.15) is 0 Å². The summed E-state index contributed by atoms with van der Waals surface area (Å²) in [5, 5.41) is 0. The van der Waals surface area contributed by atoms with Gasteiger partial charge in [-0.25, -0.2) is 0 Å². The second kappa shape index (κ2) is 8.03. The molecule has 2 atom stereocenters. The number of morpholine rings is 1. The molecule has 0 N–H and O–H groups in total. The molecule has 27 heavy (non-hydrogen) atoms. The van der Waals surface area contributed by atoms with Gasteiger partial charge in [0.25, 0.3) is 0 Å². The standard InChI is InChI=1S/C22H25BrN2O2/c1-24(22(26)20-14-19(20)16-6-4-7-18(23)13-16)15-17-5-2-3-8-21(17)25-9-11-27-12-10-25/h2-8,13,19-20H,9-12,14-15H2,1H3. The molecule has 5 heteroatoms. The molecule has 2 aromatic carbocycles. The summed E-state index contributed by atoms with van der Waals surface area (Å²) < 4.78 is 6.55. The predicted octanol–water partition coefficient (Wildman–Crippen LogP) is 4.05. The third kappa shape index (κ3) is 4.19. The highest BCUT2D eigenvalue weighted by Crippen LogP contribution is 2.48. The van der Waals surface area contributed by atoms with Gasteiger partial charge in [0.2, 0.25) is 5.91 Å². The summed E-state index contributed by atoms with van der Waals surface area (Å²) in [6, 6.07) is 16.7. The molecule has 142 valence electrons. The molecule has 0 bridgehead atoms. The van der Waals surface area contributed by atoms with Crippen molar-refractivity contribution >= 4 is 27.5 Å². The Morgan fingerprint density at radius 1 is 1.19 bits per heavy atom. The zero-order chi connectivity index (χ0) is 18.8. The van der Waals surface area contributed by atoms with Crippen LogP contribution in [-0.2, 0) is 16.1 Å². The molecule has 1 aliphatic carbocycles. The Labute approximate surface area is 169 Å². The Bertz CT molecular complexity index is 819. The number of nitrogens with zero attached hydrogens (tertiary/aromatic N) is 2.